The fourth-order valence-corrected chi connectivity index (χ4v) is 3.40. The summed E-state index contributed by atoms with van der Waals surface area (Å²) in [5.74, 6) is 0.580. The van der Waals surface area contributed by atoms with Gasteiger partial charge in [-0.3, -0.25) is 9.59 Å². The average molecular weight is 636 g/mol. The second-order valence-electron chi connectivity index (χ2n) is 5.52. The third-order valence-electron chi connectivity index (χ3n) is 3.96. The van der Waals surface area contributed by atoms with Crippen molar-refractivity contribution in [2.75, 3.05) is 0 Å². The number of hydrogen-bond donors (Lipinski definition) is 0. The van der Waals surface area contributed by atoms with Gasteiger partial charge < -0.3 is 0 Å². The van der Waals surface area contributed by atoms with Crippen LogP contribution in [0.25, 0.3) is 0 Å². The minimum atomic E-state index is -1.72. The van der Waals surface area contributed by atoms with E-state index in [1.807, 2.05) is 42.5 Å². The molecule has 2 aromatic carbocycles. The highest BCUT2D eigenvalue weighted by Gasteiger charge is 2.20. The number of carbonyl (C=O) groups is 2. The van der Waals surface area contributed by atoms with Crippen LogP contribution in [0, 0.1) is 0 Å². The van der Waals surface area contributed by atoms with E-state index in [1.165, 1.54) is 11.1 Å². The first-order chi connectivity index (χ1) is 12.9. The summed E-state index contributed by atoms with van der Waals surface area (Å²) in [5, 5.41) is 0. The molecule has 0 radical (unpaired) electrons. The van der Waals surface area contributed by atoms with Crippen LogP contribution in [-0.4, -0.2) is 23.0 Å². The van der Waals surface area contributed by atoms with E-state index in [-0.39, 0.29) is 5.78 Å². The highest BCUT2D eigenvalue weighted by atomic mass is 80.9. The van der Waals surface area contributed by atoms with Gasteiger partial charge in [0.2, 0.25) is 0 Å². The van der Waals surface area contributed by atoms with Gasteiger partial charge in [0.1, 0.15) is 0 Å². The molecule has 0 unspecified atom stereocenters. The predicted molar refractivity (Wildman–Crippen MR) is 127 cm³/mol. The molecule has 0 heterocycles. The van der Waals surface area contributed by atoms with Crippen molar-refractivity contribution in [3.63, 3.8) is 0 Å². The molecule has 27 heavy (non-hydrogen) atoms. The number of aryl methyl sites for hydroxylation is 1. The molecule has 0 spiro atoms. The van der Waals surface area contributed by atoms with Crippen molar-refractivity contribution in [3.8, 4) is 0 Å². The molecule has 0 aromatic heterocycles. The van der Waals surface area contributed by atoms with Crippen molar-refractivity contribution in [3.05, 3.63) is 69.2 Å². The first kappa shape index (κ1) is 25.7. The summed E-state index contributed by atoms with van der Waals surface area (Å²) in [7, 11) is 14.8. The Labute approximate surface area is 199 Å². The number of carbonyl (C=O) groups excluding carboxylic acids is 2. The molecule has 2 aliphatic rings. The monoisotopic (exact) mass is 632 g/mol. The second-order valence-corrected chi connectivity index (χ2v) is 12.8. The van der Waals surface area contributed by atoms with Crippen LogP contribution in [0.4, 0.5) is 0 Å². The Balaban J connectivity index is 0.000000212. The number of Topliss-reactive ketones (excluding diaryl/α,β-unsaturated/α-hetero) is 2. The highest BCUT2D eigenvalue weighted by Crippen LogP contribution is 2.28. The molecule has 144 valence electrons. The molecule has 0 N–H and O–H groups in total. The molecule has 4 rings (SSSR count). The lowest BCUT2D eigenvalue weighted by atomic mass is 10.1. The van der Waals surface area contributed by atoms with Crippen LogP contribution >= 0.6 is 74.3 Å². The minimum Gasteiger partial charge on any atom is -0.294 e. The normalized spacial score (nSPS) is 13.1. The summed E-state index contributed by atoms with van der Waals surface area (Å²) in [6.45, 7) is 0. The number of fused-ring (bicyclic) bond motifs is 2. The first-order valence-electron chi connectivity index (χ1n) is 7.88. The number of hydrogen-bond acceptors (Lipinski definition) is 2. The maximum absolute atomic E-state index is 11.2. The summed E-state index contributed by atoms with van der Waals surface area (Å²) >= 11 is 7.20. The van der Waals surface area contributed by atoms with Gasteiger partial charge in [0, 0.05) is 56.7 Å². The molecule has 2 aromatic rings. The number of rotatable bonds is 0. The zero-order valence-corrected chi connectivity index (χ0v) is 22.2. The SMILES string of the molecule is BrBr.O=C1CCc2c(Br)cccc21.O=C1CCc2ccccc21.[Cl][Al]([Cl])[Cl]. The molecular weight excluding hydrogens is 621 g/mol. The zero-order valence-electron chi connectivity index (χ0n) is 14.0. The van der Waals surface area contributed by atoms with Gasteiger partial charge in [-0.05, 0) is 30.0 Å². The average Bonchev–Trinajstić information content (AvgIpc) is 3.22. The lowest BCUT2D eigenvalue weighted by Crippen LogP contribution is -1.89. The molecule has 0 bridgehead atoms. The Morgan fingerprint density at radius 2 is 1.26 bits per heavy atom. The summed E-state index contributed by atoms with van der Waals surface area (Å²) in [5.41, 5.74) is 4.23. The summed E-state index contributed by atoms with van der Waals surface area (Å²) in [6.07, 6.45) is 3.22. The molecule has 0 aliphatic heterocycles. The van der Waals surface area contributed by atoms with Crippen LogP contribution in [0.1, 0.15) is 44.7 Å². The van der Waals surface area contributed by atoms with E-state index in [4.69, 9.17) is 30.1 Å². The van der Waals surface area contributed by atoms with Crippen molar-refractivity contribution in [2.45, 2.75) is 25.7 Å². The Kier molecular flexibility index (Phi) is 13.1. The maximum atomic E-state index is 11.2. The standard InChI is InChI=1S/C9H7BrO.C9H8O.Al.Br2.3ClH/c10-8-3-1-2-7-6(8)4-5-9(7)11;10-9-6-5-7-3-1-2-4-8(7)9;;1-2;;;/h1-3H,4-5H2;1-4H,5-6H2;;;3*1H/q;;+3;;;;/p-3. The van der Waals surface area contributed by atoms with Crippen molar-refractivity contribution < 1.29 is 9.59 Å². The van der Waals surface area contributed by atoms with Crippen LogP contribution in [0.5, 0.6) is 0 Å². The van der Waals surface area contributed by atoms with Gasteiger partial charge in [-0.1, -0.05) is 52.3 Å². The summed E-state index contributed by atoms with van der Waals surface area (Å²) in [6, 6.07) is 13.6. The quantitative estimate of drug-likeness (QED) is 0.277. The van der Waals surface area contributed by atoms with Gasteiger partial charge in [0.15, 0.2) is 11.6 Å². The number of halogens is 6. The zero-order chi connectivity index (χ0) is 20.4. The lowest BCUT2D eigenvalue weighted by Gasteiger charge is -1.97. The Morgan fingerprint density at radius 3 is 1.85 bits per heavy atom. The van der Waals surface area contributed by atoms with E-state index in [0.29, 0.717) is 18.6 Å². The minimum absolute atomic E-state index is 0.279. The van der Waals surface area contributed by atoms with E-state index in [0.717, 1.165) is 28.4 Å². The topological polar surface area (TPSA) is 34.1 Å². The van der Waals surface area contributed by atoms with E-state index in [9.17, 15) is 9.59 Å². The van der Waals surface area contributed by atoms with Crippen molar-refractivity contribution in [2.24, 2.45) is 0 Å². The summed E-state index contributed by atoms with van der Waals surface area (Å²) < 4.78 is 1.07. The maximum Gasteiger partial charge on any atom is 0.643 e. The van der Waals surface area contributed by atoms with Crippen molar-refractivity contribution >= 4 is 97.3 Å². The Morgan fingerprint density at radius 1 is 0.741 bits per heavy atom. The van der Waals surface area contributed by atoms with E-state index in [1.54, 1.807) is 0 Å². The molecule has 0 amide bonds. The van der Waals surface area contributed by atoms with Gasteiger partial charge in [-0.25, -0.2) is 30.1 Å². The van der Waals surface area contributed by atoms with Gasteiger partial charge in [-0.15, -0.1) is 0 Å². The molecule has 0 saturated carbocycles. The molecule has 2 aliphatic carbocycles. The van der Waals surface area contributed by atoms with E-state index >= 15 is 0 Å². The predicted octanol–water partition coefficient (Wildman–Crippen LogP) is 7.77. The lowest BCUT2D eigenvalue weighted by molar-refractivity contribution is 0.0986. The van der Waals surface area contributed by atoms with Crippen LogP contribution in [0.15, 0.2) is 46.9 Å². The fraction of sp³-hybridized carbons (Fsp3) is 0.222. The molecule has 0 saturated heterocycles. The van der Waals surface area contributed by atoms with Crippen LogP contribution in [-0.2, 0) is 12.8 Å². The Hall–Kier alpha value is 0.622. The number of benzene rings is 2. The molecule has 2 nitrogen and oxygen atoms in total. The van der Waals surface area contributed by atoms with Gasteiger partial charge >= 0.3 is 11.4 Å². The van der Waals surface area contributed by atoms with Crippen LogP contribution in [0.3, 0.4) is 0 Å². The highest BCUT2D eigenvalue weighted by molar-refractivity contribution is 9.93. The van der Waals surface area contributed by atoms with Gasteiger partial charge in [0.05, 0.1) is 0 Å². The van der Waals surface area contributed by atoms with Crippen LogP contribution < -0.4 is 0 Å². The third-order valence-corrected chi connectivity index (χ3v) is 4.70. The van der Waals surface area contributed by atoms with Crippen LogP contribution in [0.2, 0.25) is 0 Å². The van der Waals surface area contributed by atoms with Gasteiger partial charge in [0.25, 0.3) is 0 Å². The third kappa shape index (κ3) is 8.48. The second kappa shape index (κ2) is 13.8. The molecular formula is C18H15AlBr3Cl3O2. The first-order valence-corrected chi connectivity index (χ1v) is 17.6. The Bertz CT molecular complexity index is 785. The summed E-state index contributed by atoms with van der Waals surface area (Å²) in [4.78, 5) is 22.3. The largest absolute Gasteiger partial charge is 0.643 e. The van der Waals surface area contributed by atoms with Crippen molar-refractivity contribution in [1.82, 2.24) is 0 Å². The molecule has 9 heteroatoms. The number of ketones is 2. The van der Waals surface area contributed by atoms with E-state index in [2.05, 4.69) is 44.2 Å². The van der Waals surface area contributed by atoms with Gasteiger partial charge in [-0.2, -0.15) is 0 Å². The molecule has 0 fully saturated rings. The smallest absolute Gasteiger partial charge is 0.294 e. The van der Waals surface area contributed by atoms with E-state index < -0.39 is 11.4 Å². The van der Waals surface area contributed by atoms with Crippen molar-refractivity contribution in [1.29, 1.82) is 0 Å². The fourth-order valence-electron chi connectivity index (χ4n) is 2.84. The molecule has 0 atom stereocenters.